The van der Waals surface area contributed by atoms with Crippen molar-refractivity contribution in [2.45, 2.75) is 18.9 Å². The van der Waals surface area contributed by atoms with E-state index in [0.717, 1.165) is 13.1 Å². The van der Waals surface area contributed by atoms with Crippen molar-refractivity contribution in [2.75, 3.05) is 39.3 Å². The van der Waals surface area contributed by atoms with Gasteiger partial charge >= 0.3 is 0 Å². The van der Waals surface area contributed by atoms with Gasteiger partial charge in [-0.1, -0.05) is 0 Å². The minimum Gasteiger partial charge on any atom is -0.395 e. The van der Waals surface area contributed by atoms with Crippen LogP contribution in [0.3, 0.4) is 0 Å². The first-order chi connectivity index (χ1) is 8.20. The number of hydrogen-bond donors (Lipinski definition) is 2. The maximum atomic E-state index is 12.1. The Kier molecular flexibility index (Phi) is 3.96. The molecule has 6 heteroatoms. The summed E-state index contributed by atoms with van der Waals surface area (Å²) in [6.45, 7) is 3.80. The highest BCUT2D eigenvalue weighted by molar-refractivity contribution is 5.90. The van der Waals surface area contributed by atoms with Crippen LogP contribution in [0.5, 0.6) is 0 Å². The number of piperazine rings is 1. The van der Waals surface area contributed by atoms with Gasteiger partial charge in [-0.25, -0.2) is 0 Å². The quantitative estimate of drug-likeness (QED) is 0.624. The van der Waals surface area contributed by atoms with Gasteiger partial charge in [0.15, 0.2) is 0 Å². The molecule has 2 fully saturated rings. The van der Waals surface area contributed by atoms with Gasteiger partial charge in [0.2, 0.25) is 11.8 Å². The number of nitrogens with zero attached hydrogens (tertiary/aromatic N) is 2. The summed E-state index contributed by atoms with van der Waals surface area (Å²) in [7, 11) is 0. The zero-order valence-electron chi connectivity index (χ0n) is 9.89. The second kappa shape index (κ2) is 5.46. The van der Waals surface area contributed by atoms with Gasteiger partial charge in [0.25, 0.3) is 0 Å². The molecule has 2 saturated heterocycles. The number of nitrogens with one attached hydrogen (secondary N) is 1. The molecule has 2 rings (SSSR count). The fourth-order valence-electron chi connectivity index (χ4n) is 2.35. The second-order valence-corrected chi connectivity index (χ2v) is 4.55. The van der Waals surface area contributed by atoms with E-state index >= 15 is 0 Å². The Morgan fingerprint density at radius 3 is 2.59 bits per heavy atom. The Labute approximate surface area is 101 Å². The second-order valence-electron chi connectivity index (χ2n) is 4.55. The van der Waals surface area contributed by atoms with Crippen LogP contribution in [0.2, 0.25) is 0 Å². The lowest BCUT2D eigenvalue weighted by Crippen LogP contribution is -2.53. The van der Waals surface area contributed by atoms with Gasteiger partial charge in [-0.15, -0.1) is 0 Å². The van der Waals surface area contributed by atoms with E-state index in [1.807, 2.05) is 4.90 Å². The lowest BCUT2D eigenvalue weighted by molar-refractivity contribution is -0.136. The molecule has 6 nitrogen and oxygen atoms in total. The number of amides is 2. The molecule has 0 aromatic rings. The van der Waals surface area contributed by atoms with Gasteiger partial charge in [-0.3, -0.25) is 14.5 Å². The molecule has 17 heavy (non-hydrogen) atoms. The maximum absolute atomic E-state index is 12.1. The van der Waals surface area contributed by atoms with Crippen molar-refractivity contribution in [1.82, 2.24) is 15.1 Å². The molecule has 0 bridgehead atoms. The highest BCUT2D eigenvalue weighted by Gasteiger charge is 2.31. The summed E-state index contributed by atoms with van der Waals surface area (Å²) in [5.41, 5.74) is 0. The van der Waals surface area contributed by atoms with Crippen molar-refractivity contribution in [1.29, 1.82) is 0 Å². The summed E-state index contributed by atoms with van der Waals surface area (Å²) < 4.78 is 0. The molecular formula is C11H19N3O3. The minimum atomic E-state index is -0.313. The topological polar surface area (TPSA) is 72.9 Å². The van der Waals surface area contributed by atoms with E-state index in [-0.39, 0.29) is 24.5 Å². The van der Waals surface area contributed by atoms with E-state index in [4.69, 9.17) is 5.11 Å². The molecule has 2 aliphatic heterocycles. The smallest absolute Gasteiger partial charge is 0.245 e. The summed E-state index contributed by atoms with van der Waals surface area (Å²) in [4.78, 5) is 27.1. The molecule has 0 spiro atoms. The number of carbonyl (C=O) groups is 2. The van der Waals surface area contributed by atoms with E-state index in [2.05, 4.69) is 10.2 Å². The van der Waals surface area contributed by atoms with Crippen LogP contribution in [0, 0.1) is 0 Å². The fraction of sp³-hybridized carbons (Fsp3) is 0.818. The van der Waals surface area contributed by atoms with Crippen molar-refractivity contribution >= 4 is 11.8 Å². The average Bonchev–Trinajstić information content (AvgIpc) is 2.76. The van der Waals surface area contributed by atoms with Crippen molar-refractivity contribution in [2.24, 2.45) is 0 Å². The standard InChI is InChI=1S/C11H19N3O3/c15-8-7-13-3-5-14(6-4-13)11(17)9-1-2-10(16)12-9/h9,15H,1-8H2,(H,12,16)/t9-/m0/s1. The van der Waals surface area contributed by atoms with Crippen molar-refractivity contribution in [3.05, 3.63) is 0 Å². The lowest BCUT2D eigenvalue weighted by atomic mass is 10.2. The Balaban J connectivity index is 1.80. The highest BCUT2D eigenvalue weighted by atomic mass is 16.3. The van der Waals surface area contributed by atoms with Crippen molar-refractivity contribution < 1.29 is 14.7 Å². The molecule has 2 N–H and O–H groups in total. The van der Waals surface area contributed by atoms with Crippen LogP contribution in [0.25, 0.3) is 0 Å². The van der Waals surface area contributed by atoms with Gasteiger partial charge in [0.1, 0.15) is 6.04 Å². The zero-order chi connectivity index (χ0) is 12.3. The zero-order valence-corrected chi connectivity index (χ0v) is 9.89. The minimum absolute atomic E-state index is 0.0257. The van der Waals surface area contributed by atoms with Gasteiger partial charge in [0.05, 0.1) is 6.61 Å². The van der Waals surface area contributed by atoms with Crippen LogP contribution in [0.1, 0.15) is 12.8 Å². The third-order valence-electron chi connectivity index (χ3n) is 3.39. The summed E-state index contributed by atoms with van der Waals surface area (Å²) in [5, 5.41) is 11.5. The highest BCUT2D eigenvalue weighted by Crippen LogP contribution is 2.11. The summed E-state index contributed by atoms with van der Waals surface area (Å²) in [6, 6.07) is -0.313. The van der Waals surface area contributed by atoms with Gasteiger partial charge < -0.3 is 15.3 Å². The molecule has 0 aromatic carbocycles. The molecule has 2 heterocycles. The molecule has 2 amide bonds. The monoisotopic (exact) mass is 241 g/mol. The first-order valence-electron chi connectivity index (χ1n) is 6.12. The predicted molar refractivity (Wildman–Crippen MR) is 61.3 cm³/mol. The fourth-order valence-corrected chi connectivity index (χ4v) is 2.35. The Morgan fingerprint density at radius 2 is 2.06 bits per heavy atom. The first kappa shape index (κ1) is 12.3. The first-order valence-corrected chi connectivity index (χ1v) is 6.12. The van der Waals surface area contributed by atoms with Crippen LogP contribution in [0.4, 0.5) is 0 Å². The van der Waals surface area contributed by atoms with Crippen LogP contribution in [-0.2, 0) is 9.59 Å². The van der Waals surface area contributed by atoms with Crippen molar-refractivity contribution in [3.8, 4) is 0 Å². The van der Waals surface area contributed by atoms with Crippen LogP contribution in [-0.4, -0.2) is 72.1 Å². The number of rotatable bonds is 3. The number of carbonyl (C=O) groups excluding carboxylic acids is 2. The summed E-state index contributed by atoms with van der Waals surface area (Å²) >= 11 is 0. The number of aliphatic hydroxyl groups excluding tert-OH is 1. The van der Waals surface area contributed by atoms with E-state index in [1.54, 1.807) is 0 Å². The van der Waals surface area contributed by atoms with Crippen molar-refractivity contribution in [3.63, 3.8) is 0 Å². The van der Waals surface area contributed by atoms with Crippen LogP contribution in [0.15, 0.2) is 0 Å². The maximum Gasteiger partial charge on any atom is 0.245 e. The van der Waals surface area contributed by atoms with E-state index in [9.17, 15) is 9.59 Å². The number of β-amino-alcohol motifs (C(OH)–C–C–N with tert-alkyl or cyclic N) is 1. The van der Waals surface area contributed by atoms with Crippen LogP contribution >= 0.6 is 0 Å². The summed E-state index contributed by atoms with van der Waals surface area (Å²) in [5.74, 6) is 0.0155. The largest absolute Gasteiger partial charge is 0.395 e. The molecule has 2 aliphatic rings. The van der Waals surface area contributed by atoms with Gasteiger partial charge in [-0.2, -0.15) is 0 Å². The molecule has 1 atom stereocenters. The van der Waals surface area contributed by atoms with Crippen LogP contribution < -0.4 is 5.32 Å². The Bertz CT molecular complexity index is 300. The molecule has 0 saturated carbocycles. The molecule has 96 valence electrons. The summed E-state index contributed by atoms with van der Waals surface area (Å²) in [6.07, 6.45) is 1.08. The molecule has 0 aromatic heterocycles. The van der Waals surface area contributed by atoms with E-state index in [0.29, 0.717) is 32.5 Å². The SMILES string of the molecule is O=C1CC[C@@H](C(=O)N2CCN(CCO)CC2)N1. The van der Waals surface area contributed by atoms with Gasteiger partial charge in [0, 0.05) is 39.1 Å². The normalized spacial score (nSPS) is 26.1. The third kappa shape index (κ3) is 2.95. The van der Waals surface area contributed by atoms with E-state index < -0.39 is 0 Å². The average molecular weight is 241 g/mol. The molecule has 0 aliphatic carbocycles. The molecular weight excluding hydrogens is 222 g/mol. The van der Waals surface area contributed by atoms with E-state index in [1.165, 1.54) is 0 Å². The predicted octanol–water partition coefficient (Wildman–Crippen LogP) is -1.60. The molecule has 0 unspecified atom stereocenters. The number of aliphatic hydroxyl groups is 1. The Morgan fingerprint density at radius 1 is 1.35 bits per heavy atom. The third-order valence-corrected chi connectivity index (χ3v) is 3.39. The lowest BCUT2D eigenvalue weighted by Gasteiger charge is -2.35. The van der Waals surface area contributed by atoms with Gasteiger partial charge in [-0.05, 0) is 6.42 Å². The number of hydrogen-bond acceptors (Lipinski definition) is 4. The Hall–Kier alpha value is -1.14. The molecule has 0 radical (unpaired) electrons.